The quantitative estimate of drug-likeness (QED) is 0.212. The number of hydrogen-bond acceptors (Lipinski definition) is 6. The lowest BCUT2D eigenvalue weighted by atomic mass is 10.1. The van der Waals surface area contributed by atoms with Crippen molar-refractivity contribution in [3.05, 3.63) is 109 Å². The van der Waals surface area contributed by atoms with Crippen LogP contribution in [0.4, 0.5) is 30.2 Å². The fraction of sp³-hybridized carbons (Fsp3) is 0.129. The minimum absolute atomic E-state index is 0.330. The Morgan fingerprint density at radius 3 is 1.45 bits per heavy atom. The van der Waals surface area contributed by atoms with E-state index in [2.05, 4.69) is 30.5 Å². The van der Waals surface area contributed by atoms with Gasteiger partial charge in [-0.3, -0.25) is 15.0 Å². The SMILES string of the molecule is Fc1ccc2c(NCCN(CCNc3ccnc4cc(F)ccc34)c3ccnc4cc(F)ccc34)ccnc2c1. The Balaban J connectivity index is 1.24. The molecule has 0 saturated carbocycles. The van der Waals surface area contributed by atoms with E-state index in [1.54, 1.807) is 36.8 Å². The Morgan fingerprint density at radius 2 is 0.950 bits per heavy atom. The van der Waals surface area contributed by atoms with Crippen molar-refractivity contribution in [3.63, 3.8) is 0 Å². The first-order valence-corrected chi connectivity index (χ1v) is 12.9. The van der Waals surface area contributed by atoms with Crippen LogP contribution in [0.5, 0.6) is 0 Å². The number of halogens is 3. The van der Waals surface area contributed by atoms with Crippen molar-refractivity contribution in [3.8, 4) is 0 Å². The summed E-state index contributed by atoms with van der Waals surface area (Å²) in [5.41, 5.74) is 4.39. The highest BCUT2D eigenvalue weighted by Crippen LogP contribution is 2.27. The fourth-order valence-corrected chi connectivity index (χ4v) is 4.94. The molecule has 6 aromatic rings. The summed E-state index contributed by atoms with van der Waals surface area (Å²) in [5, 5.41) is 9.43. The van der Waals surface area contributed by atoms with E-state index in [4.69, 9.17) is 0 Å². The van der Waals surface area contributed by atoms with Gasteiger partial charge in [0.05, 0.1) is 16.6 Å². The minimum Gasteiger partial charge on any atom is -0.383 e. The standard InChI is InChI=1S/C31H25F3N6/c32-20-1-4-23-26(7-10-35-28(23)17-20)38-13-15-40(31-9-12-37-30-19-22(34)3-6-25(30)31)16-14-39-27-8-11-36-29-18-21(33)2-5-24(27)29/h1-12,17-19H,13-16H2,(H,35,38)(H,36,39). The second-order valence-electron chi connectivity index (χ2n) is 9.37. The molecule has 0 aliphatic carbocycles. The topological polar surface area (TPSA) is 66.0 Å². The van der Waals surface area contributed by atoms with Crippen LogP contribution in [0.1, 0.15) is 0 Å². The highest BCUT2D eigenvalue weighted by molar-refractivity contribution is 5.93. The fourth-order valence-electron chi connectivity index (χ4n) is 4.94. The molecular weight excluding hydrogens is 513 g/mol. The maximum Gasteiger partial charge on any atom is 0.125 e. The number of nitrogens with one attached hydrogen (secondary N) is 2. The first-order chi connectivity index (χ1) is 19.5. The van der Waals surface area contributed by atoms with Crippen molar-refractivity contribution in [2.75, 3.05) is 41.7 Å². The van der Waals surface area contributed by atoms with Gasteiger partial charge in [-0.1, -0.05) is 0 Å². The Hall–Kier alpha value is -4.92. The van der Waals surface area contributed by atoms with Crippen molar-refractivity contribution in [2.24, 2.45) is 0 Å². The van der Waals surface area contributed by atoms with Gasteiger partial charge in [-0.15, -0.1) is 0 Å². The second-order valence-corrected chi connectivity index (χ2v) is 9.37. The van der Waals surface area contributed by atoms with Gasteiger partial charge >= 0.3 is 0 Å². The molecule has 0 amide bonds. The molecule has 3 heterocycles. The smallest absolute Gasteiger partial charge is 0.125 e. The molecule has 0 unspecified atom stereocenters. The molecule has 0 spiro atoms. The van der Waals surface area contributed by atoms with E-state index in [1.165, 1.54) is 36.4 Å². The molecule has 0 bridgehead atoms. The Morgan fingerprint density at radius 1 is 0.525 bits per heavy atom. The van der Waals surface area contributed by atoms with Gasteiger partial charge in [-0.2, -0.15) is 0 Å². The summed E-state index contributed by atoms with van der Waals surface area (Å²) >= 11 is 0. The molecule has 0 fully saturated rings. The highest BCUT2D eigenvalue weighted by atomic mass is 19.1. The van der Waals surface area contributed by atoms with Gasteiger partial charge in [0.15, 0.2) is 0 Å². The zero-order valence-electron chi connectivity index (χ0n) is 21.4. The van der Waals surface area contributed by atoms with Crippen molar-refractivity contribution in [1.29, 1.82) is 0 Å². The predicted molar refractivity (Wildman–Crippen MR) is 154 cm³/mol. The van der Waals surface area contributed by atoms with Crippen LogP contribution in [0.25, 0.3) is 32.7 Å². The summed E-state index contributed by atoms with van der Waals surface area (Å²) < 4.78 is 41.3. The summed E-state index contributed by atoms with van der Waals surface area (Å²) in [6.45, 7) is 2.40. The number of anilines is 3. The largest absolute Gasteiger partial charge is 0.383 e. The van der Waals surface area contributed by atoms with E-state index >= 15 is 0 Å². The van der Waals surface area contributed by atoms with Gasteiger partial charge in [-0.25, -0.2) is 13.2 Å². The number of hydrogen-bond donors (Lipinski definition) is 2. The molecule has 40 heavy (non-hydrogen) atoms. The van der Waals surface area contributed by atoms with Gasteiger partial charge in [0, 0.05) is 96.2 Å². The first kappa shape index (κ1) is 25.4. The summed E-state index contributed by atoms with van der Waals surface area (Å²) in [6.07, 6.45) is 4.99. The Labute approximate surface area is 228 Å². The molecule has 2 N–H and O–H groups in total. The van der Waals surface area contributed by atoms with Crippen LogP contribution < -0.4 is 15.5 Å². The number of benzene rings is 3. The molecule has 6 nitrogen and oxygen atoms in total. The molecule has 0 aliphatic rings. The third-order valence-electron chi connectivity index (χ3n) is 6.83. The first-order valence-electron chi connectivity index (χ1n) is 12.9. The number of pyridine rings is 3. The molecule has 0 radical (unpaired) electrons. The van der Waals surface area contributed by atoms with Gasteiger partial charge < -0.3 is 15.5 Å². The number of aromatic nitrogens is 3. The highest BCUT2D eigenvalue weighted by Gasteiger charge is 2.13. The van der Waals surface area contributed by atoms with Crippen molar-refractivity contribution >= 4 is 49.8 Å². The molecule has 3 aromatic heterocycles. The zero-order chi connectivity index (χ0) is 27.5. The zero-order valence-corrected chi connectivity index (χ0v) is 21.4. The number of fused-ring (bicyclic) bond motifs is 3. The maximum absolute atomic E-state index is 13.9. The predicted octanol–water partition coefficient (Wildman–Crippen LogP) is 6.78. The molecule has 6 rings (SSSR count). The average molecular weight is 539 g/mol. The molecular formula is C31H25F3N6. The van der Waals surface area contributed by atoms with Crippen LogP contribution in [-0.2, 0) is 0 Å². The number of rotatable bonds is 9. The lowest BCUT2D eigenvalue weighted by Gasteiger charge is -2.27. The minimum atomic E-state index is -0.339. The average Bonchev–Trinajstić information content (AvgIpc) is 2.95. The van der Waals surface area contributed by atoms with Crippen LogP contribution in [0, 0.1) is 17.5 Å². The maximum atomic E-state index is 13.9. The molecule has 0 saturated heterocycles. The summed E-state index contributed by atoms with van der Waals surface area (Å²) in [4.78, 5) is 15.1. The third-order valence-corrected chi connectivity index (χ3v) is 6.83. The summed E-state index contributed by atoms with van der Waals surface area (Å²) in [7, 11) is 0. The van der Waals surface area contributed by atoms with Crippen LogP contribution in [-0.4, -0.2) is 41.1 Å². The monoisotopic (exact) mass is 538 g/mol. The van der Waals surface area contributed by atoms with Crippen LogP contribution in [0.3, 0.4) is 0 Å². The number of nitrogens with zero attached hydrogens (tertiary/aromatic N) is 4. The molecule has 0 atom stereocenters. The van der Waals surface area contributed by atoms with Crippen molar-refractivity contribution < 1.29 is 13.2 Å². The van der Waals surface area contributed by atoms with Crippen LogP contribution >= 0.6 is 0 Å². The molecule has 0 aliphatic heterocycles. The Bertz CT molecular complexity index is 1740. The van der Waals surface area contributed by atoms with Crippen molar-refractivity contribution in [1.82, 2.24) is 15.0 Å². The van der Waals surface area contributed by atoms with Crippen molar-refractivity contribution in [2.45, 2.75) is 0 Å². The third kappa shape index (κ3) is 5.31. The molecule has 200 valence electrons. The van der Waals surface area contributed by atoms with Crippen LogP contribution in [0.2, 0.25) is 0 Å². The van der Waals surface area contributed by atoms with E-state index < -0.39 is 0 Å². The van der Waals surface area contributed by atoms with E-state index in [0.29, 0.717) is 42.7 Å². The van der Waals surface area contributed by atoms with Gasteiger partial charge in [-0.05, 0) is 54.6 Å². The lowest BCUT2D eigenvalue weighted by Crippen LogP contribution is -2.33. The molecule has 3 aromatic carbocycles. The lowest BCUT2D eigenvalue weighted by molar-refractivity contribution is 0.629. The summed E-state index contributed by atoms with van der Waals surface area (Å²) in [6, 6.07) is 19.4. The van der Waals surface area contributed by atoms with Gasteiger partial charge in [0.25, 0.3) is 0 Å². The van der Waals surface area contributed by atoms with E-state index in [0.717, 1.165) is 33.2 Å². The second kappa shape index (κ2) is 11.1. The van der Waals surface area contributed by atoms with Gasteiger partial charge in [0.2, 0.25) is 0 Å². The van der Waals surface area contributed by atoms with E-state index in [1.807, 2.05) is 18.2 Å². The summed E-state index contributed by atoms with van der Waals surface area (Å²) in [5.74, 6) is -0.998. The van der Waals surface area contributed by atoms with Crippen LogP contribution in [0.15, 0.2) is 91.4 Å². The van der Waals surface area contributed by atoms with E-state index in [-0.39, 0.29) is 17.5 Å². The van der Waals surface area contributed by atoms with Gasteiger partial charge in [0.1, 0.15) is 17.5 Å². The molecule has 9 heteroatoms. The van der Waals surface area contributed by atoms with E-state index in [9.17, 15) is 13.2 Å². The normalized spacial score (nSPS) is 11.3. The Kier molecular flexibility index (Phi) is 7.01.